The number of hydrogen-bond donors (Lipinski definition) is 1. The fraction of sp³-hybridized carbons (Fsp3) is 0.316. The summed E-state index contributed by atoms with van der Waals surface area (Å²) in [7, 11) is 0. The summed E-state index contributed by atoms with van der Waals surface area (Å²) in [6, 6.07) is 13.7. The van der Waals surface area contributed by atoms with Gasteiger partial charge in [-0.25, -0.2) is 0 Å². The summed E-state index contributed by atoms with van der Waals surface area (Å²) in [5.74, 6) is 0.803. The van der Waals surface area contributed by atoms with Crippen LogP contribution < -0.4 is 10.1 Å². The molecule has 1 N–H and O–H groups in total. The van der Waals surface area contributed by atoms with E-state index < -0.39 is 0 Å². The number of nitrogens with one attached hydrogen (secondary N) is 1. The topological polar surface area (TPSA) is 38.3 Å². The van der Waals surface area contributed by atoms with Crippen molar-refractivity contribution in [2.75, 3.05) is 6.61 Å². The van der Waals surface area contributed by atoms with Crippen LogP contribution in [0.2, 0.25) is 0 Å². The van der Waals surface area contributed by atoms with Gasteiger partial charge in [-0.05, 0) is 51.0 Å². The fourth-order valence-corrected chi connectivity index (χ4v) is 2.26. The second-order valence-electron chi connectivity index (χ2n) is 5.77. The van der Waals surface area contributed by atoms with E-state index >= 15 is 0 Å². The molecule has 0 bridgehead atoms. The van der Waals surface area contributed by atoms with E-state index in [2.05, 4.69) is 5.32 Å². The van der Waals surface area contributed by atoms with E-state index in [-0.39, 0.29) is 11.9 Å². The Morgan fingerprint density at radius 3 is 2.55 bits per heavy atom. The molecule has 3 heteroatoms. The van der Waals surface area contributed by atoms with Gasteiger partial charge in [-0.2, -0.15) is 0 Å². The number of ether oxygens (including phenoxy) is 1. The lowest BCUT2D eigenvalue weighted by Gasteiger charge is -2.17. The summed E-state index contributed by atoms with van der Waals surface area (Å²) < 4.78 is 5.77. The fourth-order valence-electron chi connectivity index (χ4n) is 2.26. The Balaban J connectivity index is 1.94. The van der Waals surface area contributed by atoms with Crippen molar-refractivity contribution in [1.82, 2.24) is 5.32 Å². The molecule has 0 saturated carbocycles. The number of benzene rings is 2. The molecule has 0 aliphatic rings. The molecule has 0 aliphatic carbocycles. The Morgan fingerprint density at radius 2 is 1.82 bits per heavy atom. The van der Waals surface area contributed by atoms with Crippen LogP contribution in [0.1, 0.15) is 34.0 Å². The van der Waals surface area contributed by atoms with Gasteiger partial charge < -0.3 is 10.1 Å². The van der Waals surface area contributed by atoms with Crippen molar-refractivity contribution in [1.29, 1.82) is 0 Å². The molecule has 2 rings (SSSR count). The third-order valence-electron chi connectivity index (χ3n) is 3.60. The van der Waals surface area contributed by atoms with Crippen molar-refractivity contribution in [2.24, 2.45) is 0 Å². The molecule has 1 atom stereocenters. The first kappa shape index (κ1) is 16.1. The van der Waals surface area contributed by atoms with E-state index in [1.807, 2.05) is 70.2 Å². The highest BCUT2D eigenvalue weighted by atomic mass is 16.5. The van der Waals surface area contributed by atoms with Gasteiger partial charge in [0.2, 0.25) is 0 Å². The van der Waals surface area contributed by atoms with Gasteiger partial charge in [-0.15, -0.1) is 0 Å². The van der Waals surface area contributed by atoms with E-state index in [4.69, 9.17) is 4.74 Å². The summed E-state index contributed by atoms with van der Waals surface area (Å²) in [6.45, 7) is 8.33. The number of para-hydroxylation sites is 1. The zero-order chi connectivity index (χ0) is 16.1. The van der Waals surface area contributed by atoms with Crippen LogP contribution in [-0.4, -0.2) is 18.6 Å². The van der Waals surface area contributed by atoms with Crippen LogP contribution in [0.4, 0.5) is 0 Å². The normalized spacial score (nSPS) is 11.8. The maximum atomic E-state index is 12.3. The molecule has 0 saturated heterocycles. The van der Waals surface area contributed by atoms with Crippen LogP contribution in [0.5, 0.6) is 5.75 Å². The van der Waals surface area contributed by atoms with Crippen molar-refractivity contribution in [3.05, 3.63) is 64.7 Å². The molecule has 0 radical (unpaired) electrons. The van der Waals surface area contributed by atoms with Crippen molar-refractivity contribution in [3.63, 3.8) is 0 Å². The zero-order valence-corrected chi connectivity index (χ0v) is 13.6. The molecule has 1 amide bonds. The highest BCUT2D eigenvalue weighted by molar-refractivity contribution is 5.96. The lowest BCUT2D eigenvalue weighted by Crippen LogP contribution is -2.37. The van der Waals surface area contributed by atoms with Crippen molar-refractivity contribution >= 4 is 5.91 Å². The van der Waals surface area contributed by atoms with Crippen LogP contribution in [0.15, 0.2) is 42.5 Å². The van der Waals surface area contributed by atoms with Crippen molar-refractivity contribution < 1.29 is 9.53 Å². The average molecular weight is 297 g/mol. The molecule has 0 fully saturated rings. The first-order chi connectivity index (χ1) is 10.5. The van der Waals surface area contributed by atoms with E-state index in [1.165, 1.54) is 0 Å². The van der Waals surface area contributed by atoms with Gasteiger partial charge in [0.15, 0.2) is 0 Å². The Kier molecular flexibility index (Phi) is 5.21. The number of carbonyl (C=O) groups is 1. The molecule has 2 aromatic rings. The van der Waals surface area contributed by atoms with Crippen molar-refractivity contribution in [2.45, 2.75) is 33.7 Å². The number of amides is 1. The van der Waals surface area contributed by atoms with E-state index in [0.717, 1.165) is 28.0 Å². The monoisotopic (exact) mass is 297 g/mol. The van der Waals surface area contributed by atoms with Gasteiger partial charge in [0.1, 0.15) is 12.4 Å². The predicted molar refractivity (Wildman–Crippen MR) is 89.5 cm³/mol. The van der Waals surface area contributed by atoms with Gasteiger partial charge in [0.05, 0.1) is 6.04 Å². The molecule has 116 valence electrons. The van der Waals surface area contributed by atoms with Gasteiger partial charge in [0.25, 0.3) is 5.91 Å². The first-order valence-electron chi connectivity index (χ1n) is 7.54. The Morgan fingerprint density at radius 1 is 1.09 bits per heavy atom. The molecular weight excluding hydrogens is 274 g/mol. The number of aryl methyl sites for hydroxylation is 3. The van der Waals surface area contributed by atoms with Gasteiger partial charge >= 0.3 is 0 Å². The minimum atomic E-state index is -0.0629. The van der Waals surface area contributed by atoms with Crippen molar-refractivity contribution in [3.8, 4) is 5.75 Å². The highest BCUT2D eigenvalue weighted by Gasteiger charge is 2.13. The minimum absolute atomic E-state index is 0.0536. The first-order valence-corrected chi connectivity index (χ1v) is 7.54. The lowest BCUT2D eigenvalue weighted by atomic mass is 10.0. The molecule has 1 unspecified atom stereocenters. The second kappa shape index (κ2) is 7.12. The Labute approximate surface area is 132 Å². The highest BCUT2D eigenvalue weighted by Crippen LogP contribution is 2.16. The van der Waals surface area contributed by atoms with Crippen LogP contribution in [-0.2, 0) is 0 Å². The standard InChI is InChI=1S/C19H23NO2/c1-13-9-10-14(2)17(11-13)19(21)20-16(4)12-22-18-8-6-5-7-15(18)3/h5-11,16H,12H2,1-4H3,(H,20,21). The third-order valence-corrected chi connectivity index (χ3v) is 3.60. The number of carbonyl (C=O) groups excluding carboxylic acids is 1. The van der Waals surface area contributed by atoms with Crippen LogP contribution in [0, 0.1) is 20.8 Å². The largest absolute Gasteiger partial charge is 0.491 e. The average Bonchev–Trinajstić information content (AvgIpc) is 2.48. The summed E-state index contributed by atoms with van der Waals surface area (Å²) in [4.78, 5) is 12.3. The molecule has 3 nitrogen and oxygen atoms in total. The molecule has 2 aromatic carbocycles. The number of rotatable bonds is 5. The molecule has 0 heterocycles. The smallest absolute Gasteiger partial charge is 0.251 e. The quantitative estimate of drug-likeness (QED) is 0.911. The van der Waals surface area contributed by atoms with E-state index in [0.29, 0.717) is 6.61 Å². The van der Waals surface area contributed by atoms with Crippen LogP contribution in [0.3, 0.4) is 0 Å². The summed E-state index contributed by atoms with van der Waals surface area (Å²) >= 11 is 0. The second-order valence-corrected chi connectivity index (χ2v) is 5.77. The zero-order valence-electron chi connectivity index (χ0n) is 13.6. The maximum Gasteiger partial charge on any atom is 0.251 e. The number of hydrogen-bond acceptors (Lipinski definition) is 2. The van der Waals surface area contributed by atoms with Crippen LogP contribution in [0.25, 0.3) is 0 Å². The molecular formula is C19H23NO2. The molecule has 0 aromatic heterocycles. The minimum Gasteiger partial charge on any atom is -0.491 e. The van der Waals surface area contributed by atoms with Gasteiger partial charge in [-0.1, -0.05) is 35.9 Å². The third kappa shape index (κ3) is 4.10. The Bertz CT molecular complexity index is 664. The lowest BCUT2D eigenvalue weighted by molar-refractivity contribution is 0.0926. The Hall–Kier alpha value is -2.29. The predicted octanol–water partition coefficient (Wildman–Crippen LogP) is 3.81. The van der Waals surface area contributed by atoms with Crippen LogP contribution >= 0.6 is 0 Å². The molecule has 0 aliphatic heterocycles. The van der Waals surface area contributed by atoms with Gasteiger partial charge in [-0.3, -0.25) is 4.79 Å². The van der Waals surface area contributed by atoms with Gasteiger partial charge in [0, 0.05) is 5.56 Å². The van der Waals surface area contributed by atoms with E-state index in [1.54, 1.807) is 0 Å². The molecule has 0 spiro atoms. The summed E-state index contributed by atoms with van der Waals surface area (Å²) in [6.07, 6.45) is 0. The SMILES string of the molecule is Cc1ccc(C)c(C(=O)NC(C)COc2ccccc2C)c1. The summed E-state index contributed by atoms with van der Waals surface area (Å²) in [5.41, 5.74) is 3.88. The van der Waals surface area contributed by atoms with E-state index in [9.17, 15) is 4.79 Å². The molecule has 22 heavy (non-hydrogen) atoms. The summed E-state index contributed by atoms with van der Waals surface area (Å²) in [5, 5.41) is 2.99. The maximum absolute atomic E-state index is 12.3.